The summed E-state index contributed by atoms with van der Waals surface area (Å²) in [6, 6.07) is 11.3. The van der Waals surface area contributed by atoms with Crippen LogP contribution in [0.25, 0.3) is 11.1 Å². The van der Waals surface area contributed by atoms with Gasteiger partial charge in [-0.25, -0.2) is 12.8 Å². The van der Waals surface area contributed by atoms with E-state index in [-0.39, 0.29) is 4.90 Å². The van der Waals surface area contributed by atoms with E-state index >= 15 is 0 Å². The van der Waals surface area contributed by atoms with Crippen molar-refractivity contribution >= 4 is 25.4 Å². The molecule has 0 spiro atoms. The van der Waals surface area contributed by atoms with Crippen molar-refractivity contribution in [3.63, 3.8) is 0 Å². The van der Waals surface area contributed by atoms with Crippen molar-refractivity contribution < 1.29 is 12.8 Å². The second-order valence-corrected chi connectivity index (χ2v) is 8.48. The largest absolute Gasteiger partial charge is 0.369 e. The van der Waals surface area contributed by atoms with E-state index in [4.69, 9.17) is 10.7 Å². The van der Waals surface area contributed by atoms with E-state index in [1.807, 2.05) is 24.3 Å². The van der Waals surface area contributed by atoms with E-state index in [1.165, 1.54) is 12.1 Å². The number of likely N-dealkylation sites (N-methyl/N-ethyl adjacent to an activating group) is 1. The van der Waals surface area contributed by atoms with Gasteiger partial charge < -0.3 is 9.80 Å². The van der Waals surface area contributed by atoms with Gasteiger partial charge in [0.1, 0.15) is 5.82 Å². The van der Waals surface area contributed by atoms with E-state index < -0.39 is 14.9 Å². The van der Waals surface area contributed by atoms with Crippen molar-refractivity contribution in [3.05, 3.63) is 48.3 Å². The third-order valence-electron chi connectivity index (χ3n) is 4.27. The van der Waals surface area contributed by atoms with Crippen LogP contribution in [-0.2, 0) is 9.05 Å². The fraction of sp³-hybridized carbons (Fsp3) is 0.294. The lowest BCUT2D eigenvalue weighted by molar-refractivity contribution is 0.313. The van der Waals surface area contributed by atoms with Crippen molar-refractivity contribution in [3.8, 4) is 11.1 Å². The Morgan fingerprint density at radius 2 is 1.62 bits per heavy atom. The number of nitrogens with zero attached hydrogens (tertiary/aromatic N) is 2. The van der Waals surface area contributed by atoms with E-state index in [0.29, 0.717) is 11.1 Å². The smallest absolute Gasteiger partial charge is 0.261 e. The molecule has 2 aromatic rings. The molecule has 1 aliphatic rings. The SMILES string of the molecule is CN1CCN(c2ccc(-c3ccc(S(=O)(=O)Cl)cc3F)cc2)CC1. The second-order valence-electron chi connectivity index (χ2n) is 5.92. The maximum Gasteiger partial charge on any atom is 0.261 e. The molecule has 0 saturated carbocycles. The van der Waals surface area contributed by atoms with Crippen LogP contribution in [0.1, 0.15) is 0 Å². The standard InChI is InChI=1S/C17H18ClFN2O2S/c1-20-8-10-21(11-9-20)14-4-2-13(3-5-14)16-7-6-15(12-17(16)19)24(18,22)23/h2-7,12H,8-11H2,1H3. The molecule has 0 radical (unpaired) electrons. The van der Waals surface area contributed by atoms with Crippen LogP contribution >= 0.6 is 10.7 Å². The highest BCUT2D eigenvalue weighted by Gasteiger charge is 2.16. The van der Waals surface area contributed by atoms with Crippen LogP contribution in [0, 0.1) is 5.82 Å². The van der Waals surface area contributed by atoms with E-state index in [9.17, 15) is 12.8 Å². The number of piperazine rings is 1. The number of benzene rings is 2. The van der Waals surface area contributed by atoms with Crippen LogP contribution in [0.5, 0.6) is 0 Å². The maximum absolute atomic E-state index is 14.2. The Balaban J connectivity index is 1.83. The highest BCUT2D eigenvalue weighted by Crippen LogP contribution is 2.28. The molecule has 0 bridgehead atoms. The van der Waals surface area contributed by atoms with Gasteiger partial charge in [0.2, 0.25) is 0 Å². The summed E-state index contributed by atoms with van der Waals surface area (Å²) in [6.45, 7) is 3.97. The van der Waals surface area contributed by atoms with Crippen LogP contribution in [-0.4, -0.2) is 46.5 Å². The zero-order valence-corrected chi connectivity index (χ0v) is 14.8. The molecule has 1 saturated heterocycles. The van der Waals surface area contributed by atoms with Gasteiger partial charge >= 0.3 is 0 Å². The lowest BCUT2D eigenvalue weighted by atomic mass is 10.0. The molecular formula is C17H18ClFN2O2S. The maximum atomic E-state index is 14.2. The molecule has 128 valence electrons. The molecule has 0 aromatic heterocycles. The summed E-state index contributed by atoms with van der Waals surface area (Å²) in [5.74, 6) is -0.607. The molecule has 2 aromatic carbocycles. The first-order chi connectivity index (χ1) is 11.3. The van der Waals surface area contributed by atoms with Crippen LogP contribution in [0.4, 0.5) is 10.1 Å². The van der Waals surface area contributed by atoms with Gasteiger partial charge in [-0.1, -0.05) is 18.2 Å². The normalized spacial score (nSPS) is 16.4. The van der Waals surface area contributed by atoms with Gasteiger partial charge in [-0.05, 0) is 36.9 Å². The van der Waals surface area contributed by atoms with Gasteiger partial charge in [-0.2, -0.15) is 0 Å². The van der Waals surface area contributed by atoms with E-state index in [1.54, 1.807) is 0 Å². The molecule has 24 heavy (non-hydrogen) atoms. The summed E-state index contributed by atoms with van der Waals surface area (Å²) in [6.07, 6.45) is 0. The predicted octanol–water partition coefficient (Wildman–Crippen LogP) is 3.17. The fourth-order valence-corrected chi connectivity index (χ4v) is 3.56. The first-order valence-electron chi connectivity index (χ1n) is 7.63. The number of hydrogen-bond donors (Lipinski definition) is 0. The van der Waals surface area contributed by atoms with Crippen LogP contribution in [0.3, 0.4) is 0 Å². The molecule has 0 N–H and O–H groups in total. The summed E-state index contributed by atoms with van der Waals surface area (Å²) in [7, 11) is 3.42. The Labute approximate surface area is 145 Å². The Morgan fingerprint density at radius 1 is 1.00 bits per heavy atom. The third-order valence-corrected chi connectivity index (χ3v) is 5.62. The minimum absolute atomic E-state index is 0.237. The van der Waals surface area contributed by atoms with Gasteiger partial charge in [0.15, 0.2) is 0 Å². The number of hydrogen-bond acceptors (Lipinski definition) is 4. The first-order valence-corrected chi connectivity index (χ1v) is 9.94. The number of halogens is 2. The zero-order valence-electron chi connectivity index (χ0n) is 13.2. The molecule has 0 unspecified atom stereocenters. The predicted molar refractivity (Wildman–Crippen MR) is 94.6 cm³/mol. The Morgan fingerprint density at radius 3 is 2.17 bits per heavy atom. The third kappa shape index (κ3) is 3.71. The lowest BCUT2D eigenvalue weighted by Crippen LogP contribution is -2.44. The molecule has 0 amide bonds. The molecule has 4 nitrogen and oxygen atoms in total. The summed E-state index contributed by atoms with van der Waals surface area (Å²) in [5.41, 5.74) is 2.15. The molecule has 1 aliphatic heterocycles. The highest BCUT2D eigenvalue weighted by molar-refractivity contribution is 8.13. The molecular weight excluding hydrogens is 351 g/mol. The van der Waals surface area contributed by atoms with Gasteiger partial charge in [0.05, 0.1) is 4.90 Å². The molecule has 0 aliphatic carbocycles. The van der Waals surface area contributed by atoms with E-state index in [0.717, 1.165) is 37.9 Å². The van der Waals surface area contributed by atoms with Crippen molar-refractivity contribution in [2.24, 2.45) is 0 Å². The van der Waals surface area contributed by atoms with Crippen LogP contribution < -0.4 is 4.90 Å². The van der Waals surface area contributed by atoms with Gasteiger partial charge in [-0.3, -0.25) is 0 Å². The average Bonchev–Trinajstić information content (AvgIpc) is 2.55. The van der Waals surface area contributed by atoms with Crippen molar-refractivity contribution in [2.45, 2.75) is 4.90 Å². The summed E-state index contributed by atoms with van der Waals surface area (Å²) < 4.78 is 36.8. The number of anilines is 1. The van der Waals surface area contributed by atoms with E-state index in [2.05, 4.69) is 16.8 Å². The Hall–Kier alpha value is -1.63. The topological polar surface area (TPSA) is 40.6 Å². The minimum atomic E-state index is -3.93. The Kier molecular flexibility index (Phi) is 4.80. The monoisotopic (exact) mass is 368 g/mol. The Bertz CT molecular complexity index is 832. The molecule has 1 fully saturated rings. The van der Waals surface area contributed by atoms with Crippen molar-refractivity contribution in [2.75, 3.05) is 38.1 Å². The average molecular weight is 369 g/mol. The van der Waals surface area contributed by atoms with Crippen LogP contribution in [0.15, 0.2) is 47.4 Å². The van der Waals surface area contributed by atoms with Gasteiger partial charge in [-0.15, -0.1) is 0 Å². The second kappa shape index (κ2) is 6.70. The molecule has 3 rings (SSSR count). The van der Waals surface area contributed by atoms with Crippen molar-refractivity contribution in [1.82, 2.24) is 4.90 Å². The first kappa shape index (κ1) is 17.2. The lowest BCUT2D eigenvalue weighted by Gasteiger charge is -2.34. The quantitative estimate of drug-likeness (QED) is 0.780. The molecule has 7 heteroatoms. The molecule has 1 heterocycles. The molecule has 0 atom stereocenters. The van der Waals surface area contributed by atoms with Crippen molar-refractivity contribution in [1.29, 1.82) is 0 Å². The highest BCUT2D eigenvalue weighted by atomic mass is 35.7. The van der Waals surface area contributed by atoms with Gasteiger partial charge in [0.25, 0.3) is 9.05 Å². The summed E-state index contributed by atoms with van der Waals surface area (Å²) in [5, 5.41) is 0. The van der Waals surface area contributed by atoms with Gasteiger partial charge in [0, 0.05) is 48.1 Å². The van der Waals surface area contributed by atoms with Crippen LogP contribution in [0.2, 0.25) is 0 Å². The summed E-state index contributed by atoms with van der Waals surface area (Å²) in [4.78, 5) is 4.34. The summed E-state index contributed by atoms with van der Waals surface area (Å²) >= 11 is 0. The number of rotatable bonds is 3. The minimum Gasteiger partial charge on any atom is -0.369 e. The fourth-order valence-electron chi connectivity index (χ4n) is 2.80. The zero-order chi connectivity index (χ0) is 17.3.